The van der Waals surface area contributed by atoms with Gasteiger partial charge in [0.05, 0.1) is 5.60 Å². The fourth-order valence-corrected chi connectivity index (χ4v) is 8.13. The number of hydrogen-bond acceptors (Lipinski definition) is 5. The van der Waals surface area contributed by atoms with Gasteiger partial charge in [-0.25, -0.2) is 0 Å². The van der Waals surface area contributed by atoms with Crippen LogP contribution < -0.4 is 0 Å². The van der Waals surface area contributed by atoms with E-state index in [0.717, 1.165) is 32.1 Å². The smallest absolute Gasteiger partial charge is 0.303 e. The number of aliphatic hydroxyl groups is 1. The van der Waals surface area contributed by atoms with Crippen LogP contribution in [0.15, 0.2) is 11.6 Å². The zero-order valence-electron chi connectivity index (χ0n) is 18.1. The summed E-state index contributed by atoms with van der Waals surface area (Å²) in [5.74, 6) is 0.458. The van der Waals surface area contributed by atoms with E-state index in [1.165, 1.54) is 12.5 Å². The molecule has 0 bridgehead atoms. The van der Waals surface area contributed by atoms with Crippen LogP contribution in [-0.2, 0) is 19.1 Å². The second-order valence-corrected chi connectivity index (χ2v) is 10.8. The Morgan fingerprint density at radius 1 is 1.17 bits per heavy atom. The molecule has 0 spiro atoms. The molecule has 0 unspecified atom stereocenters. The van der Waals surface area contributed by atoms with Crippen LogP contribution in [0.5, 0.6) is 0 Å². The maximum atomic E-state index is 12.9. The zero-order chi connectivity index (χ0) is 21.2. The Morgan fingerprint density at radius 2 is 1.90 bits per heavy atom. The van der Waals surface area contributed by atoms with Gasteiger partial charge >= 0.3 is 5.97 Å². The van der Waals surface area contributed by atoms with Gasteiger partial charge in [-0.15, -0.1) is 0 Å². The summed E-state index contributed by atoms with van der Waals surface area (Å²) in [4.78, 5) is 36.1. The molecule has 1 N–H and O–H groups in total. The van der Waals surface area contributed by atoms with Gasteiger partial charge in [0.1, 0.15) is 6.61 Å². The number of esters is 1. The Morgan fingerprint density at radius 3 is 2.59 bits per heavy atom. The minimum atomic E-state index is -0.894. The van der Waals surface area contributed by atoms with Crippen LogP contribution >= 0.6 is 0 Å². The van der Waals surface area contributed by atoms with Crippen LogP contribution in [0.4, 0.5) is 0 Å². The predicted molar refractivity (Wildman–Crippen MR) is 108 cm³/mol. The number of Topliss-reactive ketones (excluding diaryl/α,β-unsaturated/α-hetero) is 1. The molecule has 0 saturated heterocycles. The van der Waals surface area contributed by atoms with Crippen molar-refractivity contribution in [3.05, 3.63) is 11.6 Å². The highest BCUT2D eigenvalue weighted by atomic mass is 16.5. The molecule has 5 heteroatoms. The fraction of sp³-hybridized carbons (Fsp3) is 0.792. The number of fused-ring (bicyclic) bond motifs is 5. The van der Waals surface area contributed by atoms with E-state index in [-0.39, 0.29) is 40.8 Å². The van der Waals surface area contributed by atoms with Crippen molar-refractivity contribution in [2.24, 2.45) is 34.5 Å². The first kappa shape index (κ1) is 20.8. The molecule has 0 radical (unpaired) electrons. The average molecular weight is 403 g/mol. The molecular weight excluding hydrogens is 368 g/mol. The van der Waals surface area contributed by atoms with Crippen LogP contribution in [0, 0.1) is 34.5 Å². The molecule has 7 atom stereocenters. The van der Waals surface area contributed by atoms with Crippen molar-refractivity contribution < 1.29 is 24.2 Å². The molecule has 4 aliphatic rings. The summed E-state index contributed by atoms with van der Waals surface area (Å²) in [6.07, 6.45) is 7.48. The first-order chi connectivity index (χ1) is 13.5. The van der Waals surface area contributed by atoms with E-state index in [1.807, 2.05) is 13.0 Å². The Bertz CT molecular complexity index is 780. The standard InChI is InChI=1S/C24H34O5/c1-14(25)29-12-20(27)19-8-7-18-17-6-5-15-11-16(26)9-10-22(15,2)21(17)24(4,28)13-23(18,19)3/h11,17-19,21,28H,5-10,12-13H2,1-4H3/t17-,18-,19+,21-,22-,23-,24-/m0/s1. The number of rotatable bonds is 3. The van der Waals surface area contributed by atoms with E-state index >= 15 is 0 Å². The summed E-state index contributed by atoms with van der Waals surface area (Å²) < 4.78 is 5.01. The zero-order valence-corrected chi connectivity index (χ0v) is 18.1. The molecule has 0 amide bonds. The summed E-state index contributed by atoms with van der Waals surface area (Å²) >= 11 is 0. The summed E-state index contributed by atoms with van der Waals surface area (Å²) in [7, 11) is 0. The van der Waals surface area contributed by atoms with Gasteiger partial charge in [0.15, 0.2) is 11.6 Å². The average Bonchev–Trinajstić information content (AvgIpc) is 2.95. The minimum absolute atomic E-state index is 0.00896. The summed E-state index contributed by atoms with van der Waals surface area (Å²) in [5, 5.41) is 11.8. The molecule has 0 aromatic rings. The molecule has 29 heavy (non-hydrogen) atoms. The predicted octanol–water partition coefficient (Wildman–Crippen LogP) is 3.63. The maximum Gasteiger partial charge on any atom is 0.303 e. The third-order valence-corrected chi connectivity index (χ3v) is 8.96. The molecule has 160 valence electrons. The largest absolute Gasteiger partial charge is 0.458 e. The molecule has 0 heterocycles. The molecular formula is C24H34O5. The summed E-state index contributed by atoms with van der Waals surface area (Å²) in [6.45, 7) is 7.53. The van der Waals surface area contributed by atoms with Crippen molar-refractivity contribution in [1.29, 1.82) is 0 Å². The van der Waals surface area contributed by atoms with Gasteiger partial charge in [0, 0.05) is 19.3 Å². The molecule has 4 rings (SSSR count). The van der Waals surface area contributed by atoms with Gasteiger partial charge in [-0.2, -0.15) is 0 Å². The van der Waals surface area contributed by atoms with Gasteiger partial charge in [0.2, 0.25) is 0 Å². The van der Waals surface area contributed by atoms with Gasteiger partial charge < -0.3 is 9.84 Å². The van der Waals surface area contributed by atoms with Crippen molar-refractivity contribution in [2.45, 2.75) is 78.2 Å². The van der Waals surface area contributed by atoms with Gasteiger partial charge in [-0.1, -0.05) is 19.4 Å². The number of ketones is 2. The Balaban J connectivity index is 1.66. The molecule has 3 fully saturated rings. The van der Waals surface area contributed by atoms with E-state index in [9.17, 15) is 19.5 Å². The molecule has 0 aromatic carbocycles. The highest BCUT2D eigenvalue weighted by Gasteiger charge is 2.66. The SMILES string of the molecule is CC(=O)OCC(=O)[C@H]1CC[C@H]2[C@@H]3CCC4=CC(=O)CC[C@]4(C)[C@H]3[C@@](C)(O)C[C@]12C. The van der Waals surface area contributed by atoms with Crippen LogP contribution in [0.1, 0.15) is 72.6 Å². The fourth-order valence-electron chi connectivity index (χ4n) is 8.13. The monoisotopic (exact) mass is 402 g/mol. The normalized spacial score (nSPS) is 46.2. The molecule has 0 aliphatic heterocycles. The maximum absolute atomic E-state index is 12.9. The van der Waals surface area contributed by atoms with Gasteiger partial charge in [-0.05, 0) is 80.1 Å². The van der Waals surface area contributed by atoms with Crippen molar-refractivity contribution in [2.75, 3.05) is 6.61 Å². The van der Waals surface area contributed by atoms with Gasteiger partial charge in [-0.3, -0.25) is 14.4 Å². The number of carbonyl (C=O) groups excluding carboxylic acids is 3. The van der Waals surface area contributed by atoms with E-state index in [4.69, 9.17) is 4.74 Å². The lowest BCUT2D eigenvalue weighted by atomic mass is 9.43. The van der Waals surface area contributed by atoms with Crippen LogP contribution in [0.3, 0.4) is 0 Å². The third-order valence-electron chi connectivity index (χ3n) is 8.96. The van der Waals surface area contributed by atoms with E-state index in [0.29, 0.717) is 24.7 Å². The quantitative estimate of drug-likeness (QED) is 0.729. The summed E-state index contributed by atoms with van der Waals surface area (Å²) in [5.41, 5.74) is -0.0836. The lowest BCUT2D eigenvalue weighted by Gasteiger charge is -2.63. The Kier molecular flexibility index (Phi) is 4.84. The highest BCUT2D eigenvalue weighted by molar-refractivity contribution is 5.91. The lowest BCUT2D eigenvalue weighted by molar-refractivity contribution is -0.185. The summed E-state index contributed by atoms with van der Waals surface area (Å²) in [6, 6.07) is 0. The van der Waals surface area contributed by atoms with Crippen LogP contribution in [0.25, 0.3) is 0 Å². The number of hydrogen-bond donors (Lipinski definition) is 1. The second-order valence-electron chi connectivity index (χ2n) is 10.8. The van der Waals surface area contributed by atoms with Crippen molar-refractivity contribution in [3.63, 3.8) is 0 Å². The topological polar surface area (TPSA) is 80.7 Å². The van der Waals surface area contributed by atoms with Crippen molar-refractivity contribution in [3.8, 4) is 0 Å². The minimum Gasteiger partial charge on any atom is -0.458 e. The second kappa shape index (κ2) is 6.76. The Labute approximate surface area is 173 Å². The Hall–Kier alpha value is -1.49. The first-order valence-electron chi connectivity index (χ1n) is 11.1. The highest BCUT2D eigenvalue weighted by Crippen LogP contribution is 2.69. The number of ether oxygens (including phenoxy) is 1. The molecule has 0 aromatic heterocycles. The molecule has 4 aliphatic carbocycles. The van der Waals surface area contributed by atoms with Crippen molar-refractivity contribution in [1.82, 2.24) is 0 Å². The number of carbonyl (C=O) groups is 3. The lowest BCUT2D eigenvalue weighted by Crippen LogP contribution is -2.62. The number of allylic oxidation sites excluding steroid dienone is 1. The first-order valence-corrected chi connectivity index (χ1v) is 11.1. The van der Waals surface area contributed by atoms with Crippen LogP contribution in [-0.4, -0.2) is 34.9 Å². The van der Waals surface area contributed by atoms with Gasteiger partial charge in [0.25, 0.3) is 0 Å². The van der Waals surface area contributed by atoms with Crippen LogP contribution in [0.2, 0.25) is 0 Å². The van der Waals surface area contributed by atoms with E-state index < -0.39 is 11.6 Å². The molecule has 5 nitrogen and oxygen atoms in total. The third kappa shape index (κ3) is 3.11. The molecule has 3 saturated carbocycles. The van der Waals surface area contributed by atoms with E-state index in [1.54, 1.807) is 0 Å². The van der Waals surface area contributed by atoms with Crippen molar-refractivity contribution >= 4 is 17.5 Å². The van der Waals surface area contributed by atoms with E-state index in [2.05, 4.69) is 13.8 Å².